The minimum atomic E-state index is 0.463. The molecule has 0 radical (unpaired) electrons. The summed E-state index contributed by atoms with van der Waals surface area (Å²) in [6.45, 7) is 11.0. The van der Waals surface area contributed by atoms with Crippen LogP contribution in [0.15, 0.2) is 4.42 Å². The van der Waals surface area contributed by atoms with Crippen LogP contribution in [0.3, 0.4) is 0 Å². The maximum atomic E-state index is 5.66. The molecule has 3 heterocycles. The van der Waals surface area contributed by atoms with E-state index in [9.17, 15) is 0 Å². The summed E-state index contributed by atoms with van der Waals surface area (Å²) >= 11 is 0. The zero-order valence-electron chi connectivity index (χ0n) is 12.4. The van der Waals surface area contributed by atoms with E-state index >= 15 is 0 Å². The van der Waals surface area contributed by atoms with Crippen molar-refractivity contribution in [1.29, 1.82) is 0 Å². The number of piperazine rings is 1. The quantitative estimate of drug-likeness (QED) is 0.874. The molecule has 0 spiro atoms. The SMILES string of the molecule is Cc1oc(C)c(-c2nc(N3CCNC(C)C3)n[nH]2)c1C. The minimum Gasteiger partial charge on any atom is -0.466 e. The van der Waals surface area contributed by atoms with Gasteiger partial charge in [-0.2, -0.15) is 4.98 Å². The van der Waals surface area contributed by atoms with Gasteiger partial charge in [0.2, 0.25) is 5.95 Å². The lowest BCUT2D eigenvalue weighted by Gasteiger charge is -2.30. The summed E-state index contributed by atoms with van der Waals surface area (Å²) in [4.78, 5) is 6.85. The van der Waals surface area contributed by atoms with Gasteiger partial charge in [-0.1, -0.05) is 0 Å². The zero-order chi connectivity index (χ0) is 14.3. The second kappa shape index (κ2) is 4.94. The molecule has 2 N–H and O–H groups in total. The predicted molar refractivity (Wildman–Crippen MR) is 78.0 cm³/mol. The lowest BCUT2D eigenvalue weighted by atomic mass is 10.1. The number of nitrogens with zero attached hydrogens (tertiary/aromatic N) is 3. The first-order chi connectivity index (χ1) is 9.56. The normalized spacial score (nSPS) is 19.6. The first-order valence-corrected chi connectivity index (χ1v) is 7.04. The van der Waals surface area contributed by atoms with E-state index in [1.54, 1.807) is 0 Å². The monoisotopic (exact) mass is 275 g/mol. The second-order valence-electron chi connectivity index (χ2n) is 5.50. The summed E-state index contributed by atoms with van der Waals surface area (Å²) in [5.41, 5.74) is 2.16. The lowest BCUT2D eigenvalue weighted by molar-refractivity contribution is 0.480. The highest BCUT2D eigenvalue weighted by Gasteiger charge is 2.22. The summed E-state index contributed by atoms with van der Waals surface area (Å²) in [6.07, 6.45) is 0. The molecule has 1 unspecified atom stereocenters. The molecule has 3 rings (SSSR count). The third-order valence-electron chi connectivity index (χ3n) is 3.92. The zero-order valence-corrected chi connectivity index (χ0v) is 12.4. The van der Waals surface area contributed by atoms with Crippen molar-refractivity contribution in [3.8, 4) is 11.4 Å². The van der Waals surface area contributed by atoms with E-state index in [1.165, 1.54) is 0 Å². The van der Waals surface area contributed by atoms with Crippen LogP contribution in [-0.4, -0.2) is 40.9 Å². The maximum absolute atomic E-state index is 5.66. The van der Waals surface area contributed by atoms with E-state index in [1.807, 2.05) is 13.8 Å². The Bertz CT molecular complexity index is 615. The third-order valence-corrected chi connectivity index (χ3v) is 3.92. The molecule has 6 heteroatoms. The topological polar surface area (TPSA) is 70.0 Å². The van der Waals surface area contributed by atoms with Gasteiger partial charge in [0.15, 0.2) is 5.82 Å². The van der Waals surface area contributed by atoms with Crippen LogP contribution in [0.1, 0.15) is 24.0 Å². The Morgan fingerprint density at radius 2 is 2.05 bits per heavy atom. The van der Waals surface area contributed by atoms with Gasteiger partial charge < -0.3 is 14.6 Å². The van der Waals surface area contributed by atoms with Gasteiger partial charge in [-0.15, -0.1) is 5.10 Å². The van der Waals surface area contributed by atoms with Crippen LogP contribution in [0.2, 0.25) is 0 Å². The highest BCUT2D eigenvalue weighted by molar-refractivity contribution is 5.64. The molecule has 0 bridgehead atoms. The van der Waals surface area contributed by atoms with Crippen LogP contribution in [0.25, 0.3) is 11.4 Å². The smallest absolute Gasteiger partial charge is 0.245 e. The molecule has 108 valence electrons. The van der Waals surface area contributed by atoms with Gasteiger partial charge in [-0.05, 0) is 27.7 Å². The molecule has 20 heavy (non-hydrogen) atoms. The summed E-state index contributed by atoms with van der Waals surface area (Å²) in [5, 5.41) is 10.8. The molecule has 0 saturated carbocycles. The number of hydrogen-bond donors (Lipinski definition) is 2. The van der Waals surface area contributed by atoms with Gasteiger partial charge in [0.1, 0.15) is 11.5 Å². The van der Waals surface area contributed by atoms with Gasteiger partial charge in [-0.25, -0.2) is 0 Å². The molecular formula is C14H21N5O. The van der Waals surface area contributed by atoms with Crippen LogP contribution in [0.5, 0.6) is 0 Å². The van der Waals surface area contributed by atoms with Crippen molar-refractivity contribution in [3.05, 3.63) is 17.1 Å². The van der Waals surface area contributed by atoms with Gasteiger partial charge >= 0.3 is 0 Å². The highest BCUT2D eigenvalue weighted by Crippen LogP contribution is 2.29. The highest BCUT2D eigenvalue weighted by atomic mass is 16.3. The van der Waals surface area contributed by atoms with Crippen LogP contribution in [-0.2, 0) is 0 Å². The number of nitrogens with one attached hydrogen (secondary N) is 2. The Labute approximate surface area is 118 Å². The van der Waals surface area contributed by atoms with Crippen molar-refractivity contribution in [3.63, 3.8) is 0 Å². The van der Waals surface area contributed by atoms with Crippen LogP contribution < -0.4 is 10.2 Å². The third kappa shape index (κ3) is 2.20. The second-order valence-corrected chi connectivity index (χ2v) is 5.50. The summed E-state index contributed by atoms with van der Waals surface area (Å²) in [5.74, 6) is 3.38. The molecule has 0 aromatic carbocycles. The van der Waals surface area contributed by atoms with E-state index in [2.05, 4.69) is 39.2 Å². The van der Waals surface area contributed by atoms with E-state index in [0.29, 0.717) is 6.04 Å². The predicted octanol–water partition coefficient (Wildman–Crippen LogP) is 1.79. The number of hydrogen-bond acceptors (Lipinski definition) is 5. The number of furan rings is 1. The van der Waals surface area contributed by atoms with Crippen molar-refractivity contribution in [1.82, 2.24) is 20.5 Å². The summed E-state index contributed by atoms with van der Waals surface area (Å²) in [7, 11) is 0. The summed E-state index contributed by atoms with van der Waals surface area (Å²) < 4.78 is 5.66. The average Bonchev–Trinajstić information content (AvgIpc) is 2.96. The van der Waals surface area contributed by atoms with Gasteiger partial charge in [0.05, 0.1) is 5.56 Å². The molecule has 6 nitrogen and oxygen atoms in total. The van der Waals surface area contributed by atoms with Gasteiger partial charge in [0.25, 0.3) is 0 Å². The van der Waals surface area contributed by atoms with Crippen molar-refractivity contribution in [2.45, 2.75) is 33.7 Å². The summed E-state index contributed by atoms with van der Waals surface area (Å²) in [6, 6.07) is 0.463. The molecule has 1 fully saturated rings. The van der Waals surface area contributed by atoms with E-state index < -0.39 is 0 Å². The van der Waals surface area contributed by atoms with Gasteiger partial charge in [0, 0.05) is 31.2 Å². The Morgan fingerprint density at radius 3 is 2.70 bits per heavy atom. The average molecular weight is 275 g/mol. The Balaban J connectivity index is 1.90. The first-order valence-electron chi connectivity index (χ1n) is 7.04. The fourth-order valence-corrected chi connectivity index (χ4v) is 2.76. The molecule has 2 aromatic rings. The molecule has 2 aromatic heterocycles. The van der Waals surface area contributed by atoms with Crippen LogP contribution in [0.4, 0.5) is 5.95 Å². The Hall–Kier alpha value is -1.82. The molecular weight excluding hydrogens is 254 g/mol. The molecule has 1 aliphatic heterocycles. The van der Waals surface area contributed by atoms with Crippen molar-refractivity contribution >= 4 is 5.95 Å². The molecule has 1 saturated heterocycles. The number of anilines is 1. The Morgan fingerprint density at radius 1 is 1.25 bits per heavy atom. The minimum absolute atomic E-state index is 0.463. The van der Waals surface area contributed by atoms with E-state index in [0.717, 1.165) is 54.1 Å². The van der Waals surface area contributed by atoms with Gasteiger partial charge in [-0.3, -0.25) is 5.10 Å². The largest absolute Gasteiger partial charge is 0.466 e. The molecule has 1 aliphatic rings. The number of H-pyrrole nitrogens is 1. The number of aromatic nitrogens is 3. The van der Waals surface area contributed by atoms with E-state index in [4.69, 9.17) is 4.42 Å². The van der Waals surface area contributed by atoms with Crippen molar-refractivity contribution in [2.75, 3.05) is 24.5 Å². The Kier molecular flexibility index (Phi) is 3.25. The molecule has 0 aliphatic carbocycles. The lowest BCUT2D eigenvalue weighted by Crippen LogP contribution is -2.49. The number of aryl methyl sites for hydroxylation is 2. The van der Waals surface area contributed by atoms with Crippen molar-refractivity contribution in [2.24, 2.45) is 0 Å². The fourth-order valence-electron chi connectivity index (χ4n) is 2.76. The fraction of sp³-hybridized carbons (Fsp3) is 0.571. The molecule has 0 amide bonds. The molecule has 1 atom stereocenters. The maximum Gasteiger partial charge on any atom is 0.245 e. The van der Waals surface area contributed by atoms with Crippen LogP contribution in [0, 0.1) is 20.8 Å². The van der Waals surface area contributed by atoms with Crippen molar-refractivity contribution < 1.29 is 4.42 Å². The van der Waals surface area contributed by atoms with Crippen LogP contribution >= 0.6 is 0 Å². The van der Waals surface area contributed by atoms with E-state index in [-0.39, 0.29) is 0 Å². The number of aromatic amines is 1. The number of rotatable bonds is 2. The first kappa shape index (κ1) is 13.2. The standard InChI is InChI=1S/C14H21N5O/c1-8-7-19(6-5-15-8)14-16-13(17-18-14)12-9(2)10(3)20-11(12)4/h8,15H,5-7H2,1-4H3,(H,16,17,18).